The van der Waals surface area contributed by atoms with E-state index < -0.39 is 24.2 Å². The number of nitrogens with one attached hydrogen (secondary N) is 2. The lowest BCUT2D eigenvalue weighted by Gasteiger charge is -2.15. The summed E-state index contributed by atoms with van der Waals surface area (Å²) < 4.78 is 32.1. The number of aromatic carboxylic acids is 1. The maximum absolute atomic E-state index is 12.8. The van der Waals surface area contributed by atoms with Crippen molar-refractivity contribution in [3.8, 4) is 16.9 Å². The van der Waals surface area contributed by atoms with Gasteiger partial charge in [0.1, 0.15) is 12.4 Å². The molecule has 196 valence electrons. The number of pyridine rings is 2. The first-order valence-corrected chi connectivity index (χ1v) is 12.8. The highest BCUT2D eigenvalue weighted by Crippen LogP contribution is 2.39. The molecule has 0 aliphatic carbocycles. The molecule has 0 saturated heterocycles. The Bertz CT molecular complexity index is 1550. The van der Waals surface area contributed by atoms with E-state index in [1.54, 1.807) is 24.3 Å². The van der Waals surface area contributed by atoms with Gasteiger partial charge < -0.3 is 20.5 Å². The molecule has 14 heteroatoms. The van der Waals surface area contributed by atoms with Gasteiger partial charge in [-0.15, -0.1) is 11.3 Å². The summed E-state index contributed by atoms with van der Waals surface area (Å²) in [4.78, 5) is 43.7. The molecule has 1 aromatic carbocycles. The number of fused-ring (bicyclic) bond motifs is 1. The van der Waals surface area contributed by atoms with Gasteiger partial charge in [0, 0.05) is 33.9 Å². The second kappa shape index (κ2) is 11.8. The first-order chi connectivity index (χ1) is 18.2. The third-order valence-corrected chi connectivity index (χ3v) is 6.98. The molecular formula is C24H16BrClF2N4O5S. The van der Waals surface area contributed by atoms with Crippen LogP contribution in [-0.2, 0) is 4.79 Å². The van der Waals surface area contributed by atoms with Gasteiger partial charge in [0.15, 0.2) is 0 Å². The van der Waals surface area contributed by atoms with Crippen LogP contribution in [0, 0.1) is 0 Å². The van der Waals surface area contributed by atoms with Crippen LogP contribution in [0.2, 0.25) is 5.02 Å². The molecule has 2 amide bonds. The van der Waals surface area contributed by atoms with Crippen molar-refractivity contribution in [1.29, 1.82) is 0 Å². The van der Waals surface area contributed by atoms with Gasteiger partial charge in [0.05, 0.1) is 44.2 Å². The van der Waals surface area contributed by atoms with Gasteiger partial charge in [-0.25, -0.2) is 4.79 Å². The molecule has 0 fully saturated rings. The van der Waals surface area contributed by atoms with Crippen LogP contribution in [0.25, 0.3) is 21.3 Å². The zero-order valence-electron chi connectivity index (χ0n) is 19.0. The minimum Gasteiger partial charge on any atom is -0.491 e. The van der Waals surface area contributed by atoms with E-state index in [0.717, 1.165) is 6.20 Å². The number of carbonyl (C=O) groups excluding carboxylic acids is 2. The summed E-state index contributed by atoms with van der Waals surface area (Å²) in [6.07, 6.45) is 0.614. The van der Waals surface area contributed by atoms with Crippen molar-refractivity contribution in [3.63, 3.8) is 0 Å². The number of alkyl halides is 2. The lowest BCUT2D eigenvalue weighted by Crippen LogP contribution is -2.30. The summed E-state index contributed by atoms with van der Waals surface area (Å²) in [7, 11) is 0. The number of anilines is 1. The van der Waals surface area contributed by atoms with Crippen molar-refractivity contribution in [3.05, 3.63) is 68.9 Å². The van der Waals surface area contributed by atoms with Crippen LogP contribution >= 0.6 is 38.9 Å². The molecule has 0 aliphatic heterocycles. The Hall–Kier alpha value is -3.68. The maximum Gasteiger partial charge on any atom is 0.338 e. The molecule has 3 heterocycles. The Morgan fingerprint density at radius 1 is 1.18 bits per heavy atom. The number of benzene rings is 1. The molecular weight excluding hydrogens is 610 g/mol. The van der Waals surface area contributed by atoms with E-state index in [9.17, 15) is 28.3 Å². The fraction of sp³-hybridized carbons (Fsp3) is 0.125. The average molecular weight is 626 g/mol. The van der Waals surface area contributed by atoms with Gasteiger partial charge in [0.25, 0.3) is 11.8 Å². The highest BCUT2D eigenvalue weighted by atomic mass is 79.9. The summed E-state index contributed by atoms with van der Waals surface area (Å²) >= 11 is 10.6. The highest BCUT2D eigenvalue weighted by molar-refractivity contribution is 9.10. The molecule has 38 heavy (non-hydrogen) atoms. The molecule has 4 rings (SSSR count). The van der Waals surface area contributed by atoms with Crippen molar-refractivity contribution in [2.24, 2.45) is 0 Å². The van der Waals surface area contributed by atoms with Crippen molar-refractivity contribution >= 4 is 72.6 Å². The number of halogens is 4. The summed E-state index contributed by atoms with van der Waals surface area (Å²) in [6.45, 7) is 0.0344. The summed E-state index contributed by atoms with van der Waals surface area (Å²) in [5.74, 6) is -2.88. The van der Waals surface area contributed by atoms with E-state index in [0.29, 0.717) is 32.1 Å². The number of carbonyl (C=O) groups is 3. The van der Waals surface area contributed by atoms with Crippen molar-refractivity contribution in [1.82, 2.24) is 15.3 Å². The minimum atomic E-state index is -3.27. The van der Waals surface area contributed by atoms with Gasteiger partial charge in [-0.05, 0) is 40.2 Å². The van der Waals surface area contributed by atoms with Crippen LogP contribution in [0.4, 0.5) is 14.5 Å². The number of aromatic nitrogens is 2. The third-order valence-electron chi connectivity index (χ3n) is 5.14. The Morgan fingerprint density at radius 2 is 1.97 bits per heavy atom. The van der Waals surface area contributed by atoms with E-state index in [4.69, 9.17) is 16.3 Å². The van der Waals surface area contributed by atoms with Crippen LogP contribution in [0.5, 0.6) is 5.75 Å². The number of hydrogen-bond acceptors (Lipinski definition) is 7. The molecule has 0 bridgehead atoms. The van der Waals surface area contributed by atoms with Crippen molar-refractivity contribution < 1.29 is 33.0 Å². The van der Waals surface area contributed by atoms with Gasteiger partial charge in [-0.2, -0.15) is 8.78 Å². The molecule has 0 saturated carbocycles. The molecule has 3 aromatic heterocycles. The molecule has 9 nitrogen and oxygen atoms in total. The first-order valence-electron chi connectivity index (χ1n) is 10.7. The van der Waals surface area contributed by atoms with Crippen LogP contribution < -0.4 is 15.4 Å². The topological polar surface area (TPSA) is 131 Å². The molecule has 0 aliphatic rings. The smallest absolute Gasteiger partial charge is 0.338 e. The van der Waals surface area contributed by atoms with E-state index in [1.807, 2.05) is 5.32 Å². The monoisotopic (exact) mass is 624 g/mol. The number of ether oxygens (including phenoxy) is 1. The van der Waals surface area contributed by atoms with Crippen LogP contribution in [0.1, 0.15) is 20.7 Å². The maximum atomic E-state index is 12.8. The Balaban J connectivity index is 1.50. The molecule has 0 atom stereocenters. The second-order valence-electron chi connectivity index (χ2n) is 7.57. The quantitative estimate of drug-likeness (QED) is 0.210. The van der Waals surface area contributed by atoms with E-state index in [-0.39, 0.29) is 34.4 Å². The SMILES string of the molecule is O=C(NCCOc1ccc(Cl)cc1-c1ccnc2c(C(=O)O)csc12)c1c(Br)cncc1NC(=O)C(F)F. The van der Waals surface area contributed by atoms with Gasteiger partial charge in [-0.3, -0.25) is 19.6 Å². The molecule has 4 aromatic rings. The predicted molar refractivity (Wildman–Crippen MR) is 141 cm³/mol. The normalized spacial score (nSPS) is 11.0. The van der Waals surface area contributed by atoms with Gasteiger partial charge in [0.2, 0.25) is 0 Å². The molecule has 3 N–H and O–H groups in total. The number of rotatable bonds is 9. The highest BCUT2D eigenvalue weighted by Gasteiger charge is 2.22. The van der Waals surface area contributed by atoms with Crippen molar-refractivity contribution in [2.45, 2.75) is 6.43 Å². The standard InChI is InChI=1S/C24H16BrClF2N4O5S/c25-15-8-29-9-16(32-23(34)21(27)28)18(15)22(33)31-5-6-37-17-2-1-11(26)7-13(17)12-3-4-30-19-14(24(35)36)10-38-20(12)19/h1-4,7-10,21H,5-6H2,(H,31,33)(H,32,34)(H,35,36). The Morgan fingerprint density at radius 3 is 2.71 bits per heavy atom. The first kappa shape index (κ1) is 27.4. The van der Waals surface area contributed by atoms with Crippen LogP contribution in [-0.4, -0.2) is 52.4 Å². The zero-order chi connectivity index (χ0) is 27.4. The largest absolute Gasteiger partial charge is 0.491 e. The Kier molecular flexibility index (Phi) is 8.49. The number of nitrogens with zero attached hydrogens (tertiary/aromatic N) is 2. The number of carboxylic acids is 1. The lowest BCUT2D eigenvalue weighted by molar-refractivity contribution is -0.126. The zero-order valence-corrected chi connectivity index (χ0v) is 22.2. The van der Waals surface area contributed by atoms with Crippen LogP contribution in [0.15, 0.2) is 52.7 Å². The number of carboxylic acid groups (broad SMARTS) is 1. The fourth-order valence-electron chi connectivity index (χ4n) is 3.50. The number of amides is 2. The predicted octanol–water partition coefficient (Wildman–Crippen LogP) is 5.48. The Labute approximate surface area is 230 Å². The molecule has 0 radical (unpaired) electrons. The van der Waals surface area contributed by atoms with E-state index >= 15 is 0 Å². The summed E-state index contributed by atoms with van der Waals surface area (Å²) in [5, 5.41) is 16.0. The molecule has 0 unspecified atom stereocenters. The third kappa shape index (κ3) is 5.90. The van der Waals surface area contributed by atoms with E-state index in [2.05, 4.69) is 31.2 Å². The minimum absolute atomic E-state index is 0.0147. The second-order valence-corrected chi connectivity index (χ2v) is 9.74. The van der Waals surface area contributed by atoms with Gasteiger partial charge in [-0.1, -0.05) is 11.6 Å². The summed E-state index contributed by atoms with van der Waals surface area (Å²) in [5.41, 5.74) is 1.45. The number of hydrogen-bond donors (Lipinski definition) is 3. The van der Waals surface area contributed by atoms with Gasteiger partial charge >= 0.3 is 12.4 Å². The van der Waals surface area contributed by atoms with Crippen molar-refractivity contribution in [2.75, 3.05) is 18.5 Å². The average Bonchev–Trinajstić information content (AvgIpc) is 3.32. The van der Waals surface area contributed by atoms with Crippen LogP contribution in [0.3, 0.4) is 0 Å². The lowest BCUT2D eigenvalue weighted by atomic mass is 10.0. The van der Waals surface area contributed by atoms with E-state index in [1.165, 1.54) is 29.1 Å². The molecule has 0 spiro atoms. The fourth-order valence-corrected chi connectivity index (χ4v) is 5.21. The summed E-state index contributed by atoms with van der Waals surface area (Å²) in [6, 6.07) is 6.67. The number of thiophene rings is 1.